The standard InChI is InChI=1S/C11H20N2O3/c1-7(2)5-8(9(14)15)6-13-10(16)11(12)3-4-11/h7-8H,3-6,12H2,1-2H3,(H,13,16)(H,14,15). The number of hydrogen-bond acceptors (Lipinski definition) is 3. The van der Waals surface area contributed by atoms with Crippen LogP contribution in [0.25, 0.3) is 0 Å². The van der Waals surface area contributed by atoms with Crippen molar-refractivity contribution >= 4 is 11.9 Å². The smallest absolute Gasteiger partial charge is 0.308 e. The molecule has 92 valence electrons. The third-order valence-electron chi connectivity index (χ3n) is 2.86. The Morgan fingerprint density at radius 2 is 2.00 bits per heavy atom. The number of amides is 1. The maximum absolute atomic E-state index is 11.5. The number of nitrogens with one attached hydrogen (secondary N) is 1. The van der Waals surface area contributed by atoms with Crippen LogP contribution >= 0.6 is 0 Å². The SMILES string of the molecule is CC(C)CC(CNC(=O)C1(N)CC1)C(=O)O. The van der Waals surface area contributed by atoms with E-state index in [9.17, 15) is 9.59 Å². The van der Waals surface area contributed by atoms with Gasteiger partial charge in [0.1, 0.15) is 0 Å². The second-order valence-electron chi connectivity index (χ2n) is 5.03. The van der Waals surface area contributed by atoms with Gasteiger partial charge in [0.25, 0.3) is 0 Å². The second-order valence-corrected chi connectivity index (χ2v) is 5.03. The average molecular weight is 228 g/mol. The summed E-state index contributed by atoms with van der Waals surface area (Å²) >= 11 is 0. The fourth-order valence-electron chi connectivity index (χ4n) is 1.59. The van der Waals surface area contributed by atoms with Crippen LogP contribution in [0.2, 0.25) is 0 Å². The van der Waals surface area contributed by atoms with Crippen LogP contribution in [0.4, 0.5) is 0 Å². The molecular formula is C11H20N2O3. The van der Waals surface area contributed by atoms with Crippen LogP contribution in [0.15, 0.2) is 0 Å². The van der Waals surface area contributed by atoms with E-state index in [-0.39, 0.29) is 12.5 Å². The molecule has 5 heteroatoms. The Morgan fingerprint density at radius 3 is 2.38 bits per heavy atom. The summed E-state index contributed by atoms with van der Waals surface area (Å²) in [5.74, 6) is -1.31. The van der Waals surface area contributed by atoms with E-state index >= 15 is 0 Å². The Bertz CT molecular complexity index is 285. The van der Waals surface area contributed by atoms with E-state index in [4.69, 9.17) is 10.8 Å². The van der Waals surface area contributed by atoms with E-state index < -0.39 is 17.4 Å². The van der Waals surface area contributed by atoms with E-state index in [2.05, 4.69) is 5.32 Å². The van der Waals surface area contributed by atoms with Gasteiger partial charge in [0, 0.05) is 6.54 Å². The molecule has 1 aliphatic carbocycles. The van der Waals surface area contributed by atoms with Crippen LogP contribution in [0.5, 0.6) is 0 Å². The topological polar surface area (TPSA) is 92.4 Å². The lowest BCUT2D eigenvalue weighted by Crippen LogP contribution is -2.45. The first-order chi connectivity index (χ1) is 7.35. The number of carbonyl (C=O) groups excluding carboxylic acids is 1. The van der Waals surface area contributed by atoms with Gasteiger partial charge < -0.3 is 16.2 Å². The molecule has 0 saturated heterocycles. The van der Waals surface area contributed by atoms with Crippen LogP contribution < -0.4 is 11.1 Å². The summed E-state index contributed by atoms with van der Waals surface area (Å²) in [6, 6.07) is 0. The zero-order valence-corrected chi connectivity index (χ0v) is 9.82. The lowest BCUT2D eigenvalue weighted by Gasteiger charge is -2.17. The minimum atomic E-state index is -0.865. The van der Waals surface area contributed by atoms with Gasteiger partial charge in [-0.25, -0.2) is 0 Å². The van der Waals surface area contributed by atoms with E-state index in [1.165, 1.54) is 0 Å². The summed E-state index contributed by atoms with van der Waals surface area (Å²) in [6.07, 6.45) is 1.95. The lowest BCUT2D eigenvalue weighted by molar-refractivity contribution is -0.142. The average Bonchev–Trinajstić information content (AvgIpc) is 2.90. The van der Waals surface area contributed by atoms with Crippen LogP contribution in [0, 0.1) is 11.8 Å². The van der Waals surface area contributed by atoms with Gasteiger partial charge in [0.05, 0.1) is 11.5 Å². The zero-order chi connectivity index (χ0) is 12.3. The molecule has 1 unspecified atom stereocenters. The number of carbonyl (C=O) groups is 2. The van der Waals surface area contributed by atoms with Crippen LogP contribution in [0.1, 0.15) is 33.1 Å². The summed E-state index contributed by atoms with van der Waals surface area (Å²) < 4.78 is 0. The molecule has 0 aromatic heterocycles. The molecule has 0 heterocycles. The van der Waals surface area contributed by atoms with E-state index in [0.29, 0.717) is 25.2 Å². The molecule has 0 aromatic rings. The number of carboxylic acids is 1. The van der Waals surface area contributed by atoms with Crippen molar-refractivity contribution in [2.45, 2.75) is 38.6 Å². The van der Waals surface area contributed by atoms with Crippen molar-refractivity contribution < 1.29 is 14.7 Å². The minimum Gasteiger partial charge on any atom is -0.481 e. The molecule has 1 amide bonds. The highest BCUT2D eigenvalue weighted by Crippen LogP contribution is 2.32. The monoisotopic (exact) mass is 228 g/mol. The Balaban J connectivity index is 2.37. The van der Waals surface area contributed by atoms with Crippen molar-refractivity contribution in [3.05, 3.63) is 0 Å². The van der Waals surface area contributed by atoms with Crippen LogP contribution in [-0.4, -0.2) is 29.1 Å². The van der Waals surface area contributed by atoms with Gasteiger partial charge in [-0.15, -0.1) is 0 Å². The minimum absolute atomic E-state index is 0.172. The molecular weight excluding hydrogens is 208 g/mol. The summed E-state index contributed by atoms with van der Waals surface area (Å²) in [7, 11) is 0. The predicted molar refractivity (Wildman–Crippen MR) is 59.7 cm³/mol. The van der Waals surface area contributed by atoms with Gasteiger partial charge >= 0.3 is 5.97 Å². The van der Waals surface area contributed by atoms with Gasteiger partial charge in [-0.3, -0.25) is 9.59 Å². The Morgan fingerprint density at radius 1 is 1.44 bits per heavy atom. The molecule has 0 radical (unpaired) electrons. The summed E-state index contributed by atoms with van der Waals surface area (Å²) in [6.45, 7) is 4.09. The molecule has 0 aliphatic heterocycles. The number of carboxylic acid groups (broad SMARTS) is 1. The van der Waals surface area contributed by atoms with Crippen LogP contribution in [0.3, 0.4) is 0 Å². The third kappa shape index (κ3) is 3.48. The summed E-state index contributed by atoms with van der Waals surface area (Å²) in [4.78, 5) is 22.4. The highest BCUT2D eigenvalue weighted by atomic mass is 16.4. The highest BCUT2D eigenvalue weighted by molar-refractivity contribution is 5.89. The van der Waals surface area contributed by atoms with Gasteiger partial charge in [0.15, 0.2) is 0 Å². The number of hydrogen-bond donors (Lipinski definition) is 3. The first-order valence-electron chi connectivity index (χ1n) is 5.65. The maximum Gasteiger partial charge on any atom is 0.308 e. The summed E-state index contributed by atoms with van der Waals surface area (Å²) in [5.41, 5.74) is 4.97. The van der Waals surface area contributed by atoms with Crippen molar-refractivity contribution in [3.8, 4) is 0 Å². The predicted octanol–water partition coefficient (Wildman–Crippen LogP) is 0.341. The quantitative estimate of drug-likeness (QED) is 0.611. The van der Waals surface area contributed by atoms with E-state index in [1.807, 2.05) is 13.8 Å². The molecule has 0 bridgehead atoms. The van der Waals surface area contributed by atoms with Gasteiger partial charge in [-0.05, 0) is 25.2 Å². The zero-order valence-electron chi connectivity index (χ0n) is 9.82. The number of rotatable bonds is 6. The molecule has 1 atom stereocenters. The Kier molecular flexibility index (Phi) is 3.91. The molecule has 0 aromatic carbocycles. The largest absolute Gasteiger partial charge is 0.481 e. The molecule has 0 spiro atoms. The van der Waals surface area contributed by atoms with Crippen molar-refractivity contribution in [2.75, 3.05) is 6.54 Å². The molecule has 16 heavy (non-hydrogen) atoms. The second kappa shape index (κ2) is 4.82. The van der Waals surface area contributed by atoms with Crippen molar-refractivity contribution in [1.82, 2.24) is 5.32 Å². The molecule has 1 fully saturated rings. The van der Waals surface area contributed by atoms with Crippen molar-refractivity contribution in [1.29, 1.82) is 0 Å². The maximum atomic E-state index is 11.5. The molecule has 4 N–H and O–H groups in total. The fraction of sp³-hybridized carbons (Fsp3) is 0.818. The van der Waals surface area contributed by atoms with Crippen molar-refractivity contribution in [3.63, 3.8) is 0 Å². The van der Waals surface area contributed by atoms with E-state index in [1.54, 1.807) is 0 Å². The highest BCUT2D eigenvalue weighted by Gasteiger charge is 2.45. The first kappa shape index (κ1) is 13.0. The molecule has 5 nitrogen and oxygen atoms in total. The van der Waals surface area contributed by atoms with Gasteiger partial charge in [-0.2, -0.15) is 0 Å². The fourth-order valence-corrected chi connectivity index (χ4v) is 1.59. The normalized spacial score (nSPS) is 19.2. The molecule has 1 rings (SSSR count). The Labute approximate surface area is 95.4 Å². The first-order valence-corrected chi connectivity index (χ1v) is 5.65. The third-order valence-corrected chi connectivity index (χ3v) is 2.86. The molecule has 1 saturated carbocycles. The van der Waals surface area contributed by atoms with Crippen molar-refractivity contribution in [2.24, 2.45) is 17.6 Å². The summed E-state index contributed by atoms with van der Waals surface area (Å²) in [5, 5.41) is 11.6. The number of aliphatic carboxylic acids is 1. The lowest BCUT2D eigenvalue weighted by atomic mass is 9.97. The van der Waals surface area contributed by atoms with Gasteiger partial charge in [0.2, 0.25) is 5.91 Å². The van der Waals surface area contributed by atoms with E-state index in [0.717, 1.165) is 0 Å². The number of nitrogens with two attached hydrogens (primary N) is 1. The molecule has 1 aliphatic rings. The van der Waals surface area contributed by atoms with Gasteiger partial charge in [-0.1, -0.05) is 13.8 Å². The van der Waals surface area contributed by atoms with Crippen LogP contribution in [-0.2, 0) is 9.59 Å². The Hall–Kier alpha value is -1.10.